The summed E-state index contributed by atoms with van der Waals surface area (Å²) in [6.07, 6.45) is 1.67. The van der Waals surface area contributed by atoms with E-state index in [1.807, 2.05) is 48.5 Å². The average molecular weight is 334 g/mol. The summed E-state index contributed by atoms with van der Waals surface area (Å²) in [5, 5.41) is 16.9. The molecule has 0 aliphatic carbocycles. The van der Waals surface area contributed by atoms with Crippen molar-refractivity contribution in [2.24, 2.45) is 0 Å². The Hall–Kier alpha value is -3.68. The third-order valence-corrected chi connectivity index (χ3v) is 3.61. The monoisotopic (exact) mass is 334 g/mol. The van der Waals surface area contributed by atoms with E-state index in [1.54, 1.807) is 13.3 Å². The lowest BCUT2D eigenvalue weighted by Gasteiger charge is -2.04. The molecule has 0 radical (unpaired) electrons. The summed E-state index contributed by atoms with van der Waals surface area (Å²) in [5.41, 5.74) is 2.63. The molecular formula is C17H14N6O2. The molecule has 0 atom stereocenters. The smallest absolute Gasteiger partial charge is 0.299 e. The van der Waals surface area contributed by atoms with Crippen molar-refractivity contribution in [2.45, 2.75) is 0 Å². The highest BCUT2D eigenvalue weighted by molar-refractivity contribution is 5.64. The van der Waals surface area contributed by atoms with Crippen molar-refractivity contribution in [3.63, 3.8) is 0 Å². The van der Waals surface area contributed by atoms with E-state index in [2.05, 4.69) is 30.9 Å². The van der Waals surface area contributed by atoms with Crippen LogP contribution in [0.15, 0.2) is 59.1 Å². The minimum Gasteiger partial charge on any atom is -0.497 e. The lowest BCUT2D eigenvalue weighted by Crippen LogP contribution is -1.90. The van der Waals surface area contributed by atoms with Crippen LogP contribution in [0.3, 0.4) is 0 Å². The summed E-state index contributed by atoms with van der Waals surface area (Å²) < 4.78 is 11.0. The van der Waals surface area contributed by atoms with Gasteiger partial charge in [0.1, 0.15) is 5.75 Å². The minimum absolute atomic E-state index is 0.409. The molecule has 25 heavy (non-hydrogen) atoms. The Kier molecular flexibility index (Phi) is 3.83. The number of methoxy groups -OCH3 is 1. The Bertz CT molecular complexity index is 963. The molecule has 0 saturated heterocycles. The van der Waals surface area contributed by atoms with Crippen LogP contribution in [0, 0.1) is 0 Å². The number of nitrogens with zero attached hydrogens (tertiary/aromatic N) is 4. The molecule has 8 nitrogen and oxygen atoms in total. The number of aromatic nitrogens is 5. The first-order valence-electron chi connectivity index (χ1n) is 7.53. The van der Waals surface area contributed by atoms with E-state index in [9.17, 15) is 0 Å². The summed E-state index contributed by atoms with van der Waals surface area (Å²) in [6, 6.07) is 15.6. The van der Waals surface area contributed by atoms with Crippen LogP contribution in [0.25, 0.3) is 22.7 Å². The Balaban J connectivity index is 1.52. The molecule has 4 aromatic rings. The fourth-order valence-electron chi connectivity index (χ4n) is 2.36. The number of rotatable bonds is 5. The number of anilines is 2. The van der Waals surface area contributed by atoms with Crippen molar-refractivity contribution >= 4 is 11.7 Å². The van der Waals surface area contributed by atoms with Gasteiger partial charge in [-0.3, -0.25) is 0 Å². The van der Waals surface area contributed by atoms with Gasteiger partial charge in [-0.15, -0.1) is 5.10 Å². The molecule has 0 spiro atoms. The quantitative estimate of drug-likeness (QED) is 0.577. The fourth-order valence-corrected chi connectivity index (χ4v) is 2.36. The zero-order valence-electron chi connectivity index (χ0n) is 13.3. The number of ether oxygens (including phenoxy) is 1. The second kappa shape index (κ2) is 6.44. The zero-order valence-corrected chi connectivity index (χ0v) is 13.3. The van der Waals surface area contributed by atoms with Crippen LogP contribution in [-0.2, 0) is 0 Å². The molecule has 124 valence electrons. The molecule has 4 rings (SSSR count). The molecule has 0 aliphatic rings. The second-order valence-corrected chi connectivity index (χ2v) is 5.21. The maximum atomic E-state index is 5.77. The molecule has 8 heteroatoms. The molecule has 0 saturated carbocycles. The predicted molar refractivity (Wildman–Crippen MR) is 91.4 cm³/mol. The molecular weight excluding hydrogens is 320 g/mol. The first-order valence-corrected chi connectivity index (χ1v) is 7.53. The van der Waals surface area contributed by atoms with E-state index >= 15 is 0 Å². The summed E-state index contributed by atoms with van der Waals surface area (Å²) in [4.78, 5) is 4.26. The van der Waals surface area contributed by atoms with Gasteiger partial charge in [-0.25, -0.2) is 10.1 Å². The highest BCUT2D eigenvalue weighted by Gasteiger charge is 2.08. The number of benzene rings is 2. The lowest BCUT2D eigenvalue weighted by molar-refractivity contribution is 0.415. The van der Waals surface area contributed by atoms with Gasteiger partial charge in [0.25, 0.3) is 6.01 Å². The van der Waals surface area contributed by atoms with Gasteiger partial charge in [-0.05, 0) is 22.6 Å². The molecule has 2 heterocycles. The number of oxazole rings is 1. The molecule has 2 aromatic carbocycles. The van der Waals surface area contributed by atoms with Crippen LogP contribution < -0.4 is 10.1 Å². The molecule has 0 amide bonds. The SMILES string of the molecule is COc1cccc(Nc2ncc(-c3ccc(-c4nnn[nH]4)cc3)o2)c1. The van der Waals surface area contributed by atoms with Crippen molar-refractivity contribution in [1.82, 2.24) is 25.6 Å². The summed E-state index contributed by atoms with van der Waals surface area (Å²) in [6.45, 7) is 0. The fraction of sp³-hybridized carbons (Fsp3) is 0.0588. The molecule has 2 aromatic heterocycles. The van der Waals surface area contributed by atoms with Gasteiger partial charge in [0, 0.05) is 22.9 Å². The Morgan fingerprint density at radius 1 is 1.08 bits per heavy atom. The summed E-state index contributed by atoms with van der Waals surface area (Å²) in [7, 11) is 1.63. The molecule has 0 aliphatic heterocycles. The number of nitrogens with one attached hydrogen (secondary N) is 2. The summed E-state index contributed by atoms with van der Waals surface area (Å²) in [5.74, 6) is 2.03. The largest absolute Gasteiger partial charge is 0.497 e. The van der Waals surface area contributed by atoms with Crippen molar-refractivity contribution in [3.8, 4) is 28.5 Å². The average Bonchev–Trinajstić information content (AvgIpc) is 3.34. The predicted octanol–water partition coefficient (Wildman–Crippen LogP) is 3.27. The van der Waals surface area contributed by atoms with Gasteiger partial charge in [0.15, 0.2) is 11.6 Å². The van der Waals surface area contributed by atoms with Crippen LogP contribution in [0.5, 0.6) is 5.75 Å². The Morgan fingerprint density at radius 3 is 2.68 bits per heavy atom. The van der Waals surface area contributed by atoms with Crippen LogP contribution in [0.1, 0.15) is 0 Å². The third-order valence-electron chi connectivity index (χ3n) is 3.61. The first kappa shape index (κ1) is 14.9. The number of hydrogen-bond acceptors (Lipinski definition) is 7. The van der Waals surface area contributed by atoms with E-state index < -0.39 is 0 Å². The van der Waals surface area contributed by atoms with Gasteiger partial charge in [0.2, 0.25) is 0 Å². The number of tetrazole rings is 1. The minimum atomic E-state index is 0.409. The number of aromatic amines is 1. The molecule has 2 N–H and O–H groups in total. The van der Waals surface area contributed by atoms with Crippen LogP contribution in [-0.4, -0.2) is 32.7 Å². The zero-order chi connectivity index (χ0) is 17.1. The third kappa shape index (κ3) is 3.18. The number of hydrogen-bond donors (Lipinski definition) is 2. The normalized spacial score (nSPS) is 10.6. The summed E-state index contributed by atoms with van der Waals surface area (Å²) >= 11 is 0. The van der Waals surface area contributed by atoms with Crippen molar-refractivity contribution in [3.05, 3.63) is 54.7 Å². The Morgan fingerprint density at radius 2 is 1.92 bits per heavy atom. The maximum Gasteiger partial charge on any atom is 0.299 e. The van der Waals surface area contributed by atoms with Crippen LogP contribution in [0.4, 0.5) is 11.7 Å². The molecule has 0 fully saturated rings. The highest BCUT2D eigenvalue weighted by atomic mass is 16.5. The van der Waals surface area contributed by atoms with Crippen LogP contribution >= 0.6 is 0 Å². The first-order chi connectivity index (χ1) is 12.3. The lowest BCUT2D eigenvalue weighted by atomic mass is 10.1. The highest BCUT2D eigenvalue weighted by Crippen LogP contribution is 2.27. The van der Waals surface area contributed by atoms with Crippen molar-refractivity contribution < 1.29 is 9.15 Å². The van der Waals surface area contributed by atoms with E-state index in [0.717, 1.165) is 22.6 Å². The standard InChI is InChI=1S/C17H14N6O2/c1-24-14-4-2-3-13(9-14)19-17-18-10-15(25-17)11-5-7-12(8-6-11)16-20-22-23-21-16/h2-10H,1H3,(H,18,19)(H,20,21,22,23). The topological polar surface area (TPSA) is 102 Å². The van der Waals surface area contributed by atoms with E-state index in [4.69, 9.17) is 9.15 Å². The van der Waals surface area contributed by atoms with Gasteiger partial charge >= 0.3 is 0 Å². The second-order valence-electron chi connectivity index (χ2n) is 5.21. The van der Waals surface area contributed by atoms with Gasteiger partial charge in [-0.1, -0.05) is 30.3 Å². The van der Waals surface area contributed by atoms with E-state index in [0.29, 0.717) is 17.6 Å². The Labute approximate surface area is 142 Å². The van der Waals surface area contributed by atoms with Gasteiger partial charge in [-0.2, -0.15) is 0 Å². The maximum absolute atomic E-state index is 5.77. The van der Waals surface area contributed by atoms with Crippen molar-refractivity contribution in [2.75, 3.05) is 12.4 Å². The molecule has 0 unspecified atom stereocenters. The number of H-pyrrole nitrogens is 1. The van der Waals surface area contributed by atoms with Crippen LogP contribution in [0.2, 0.25) is 0 Å². The van der Waals surface area contributed by atoms with Crippen molar-refractivity contribution in [1.29, 1.82) is 0 Å². The van der Waals surface area contributed by atoms with Gasteiger partial charge < -0.3 is 14.5 Å². The van der Waals surface area contributed by atoms with E-state index in [1.165, 1.54) is 0 Å². The molecule has 0 bridgehead atoms. The van der Waals surface area contributed by atoms with Gasteiger partial charge in [0.05, 0.1) is 13.3 Å². The van der Waals surface area contributed by atoms with E-state index in [-0.39, 0.29) is 0 Å².